The fraction of sp³-hybridized carbons (Fsp3) is 0.455. The van der Waals surface area contributed by atoms with Crippen LogP contribution in [0.2, 0.25) is 0 Å². The lowest BCUT2D eigenvalue weighted by molar-refractivity contribution is 1.02. The number of hydrogen-bond acceptors (Lipinski definition) is 2. The lowest BCUT2D eigenvalue weighted by atomic mass is 10.2. The third kappa shape index (κ3) is 3.83. The van der Waals surface area contributed by atoms with Crippen LogP contribution in [-0.2, 0) is 0 Å². The molecule has 72 valence electrons. The molecule has 0 N–H and O–H groups in total. The third-order valence-electron chi connectivity index (χ3n) is 1.46. The Morgan fingerprint density at radius 3 is 2.38 bits per heavy atom. The molecule has 0 aromatic carbocycles. The van der Waals surface area contributed by atoms with E-state index in [4.69, 9.17) is 0 Å². The highest BCUT2D eigenvalue weighted by molar-refractivity contribution is 5.47. The Morgan fingerprint density at radius 1 is 1.23 bits per heavy atom. The molecular weight excluding hydrogens is 160 g/mol. The van der Waals surface area contributed by atoms with Crippen LogP contribution in [0.15, 0.2) is 12.3 Å². The molecule has 2 nitrogen and oxygen atoms in total. The summed E-state index contributed by atoms with van der Waals surface area (Å²) in [6.45, 7) is 9.89. The number of rotatable bonds is 1. The predicted molar refractivity (Wildman–Crippen MR) is 57.6 cm³/mol. The van der Waals surface area contributed by atoms with E-state index >= 15 is 0 Å². The first-order valence-electron chi connectivity index (χ1n) is 4.67. The minimum absolute atomic E-state index is 0.823. The molecule has 1 heterocycles. The fourth-order valence-electron chi connectivity index (χ4n) is 0.874. The van der Waals surface area contributed by atoms with E-state index in [1.807, 2.05) is 53.0 Å². The van der Waals surface area contributed by atoms with E-state index in [2.05, 4.69) is 9.97 Å². The fourth-order valence-corrected chi connectivity index (χ4v) is 0.874. The zero-order valence-electron chi connectivity index (χ0n) is 9.13. The molecule has 1 rings (SSSR count). The highest BCUT2D eigenvalue weighted by atomic mass is 14.9. The first-order chi connectivity index (χ1) is 6.24. The number of allylic oxidation sites excluding steroid dienone is 1. The number of aromatic nitrogens is 2. The van der Waals surface area contributed by atoms with Crippen molar-refractivity contribution in [3.63, 3.8) is 0 Å². The van der Waals surface area contributed by atoms with Crippen molar-refractivity contribution in [2.45, 2.75) is 34.6 Å². The second-order valence-corrected chi connectivity index (χ2v) is 2.49. The molecule has 0 aliphatic heterocycles. The van der Waals surface area contributed by atoms with Crippen molar-refractivity contribution < 1.29 is 0 Å². The van der Waals surface area contributed by atoms with Gasteiger partial charge in [0.1, 0.15) is 5.82 Å². The maximum Gasteiger partial charge on any atom is 0.125 e. The minimum Gasteiger partial charge on any atom is -0.241 e. The molecule has 2 heteroatoms. The molecule has 0 atom stereocenters. The van der Waals surface area contributed by atoms with Gasteiger partial charge in [-0.1, -0.05) is 19.9 Å². The molecule has 0 aliphatic carbocycles. The van der Waals surface area contributed by atoms with Gasteiger partial charge in [-0.05, 0) is 32.4 Å². The number of hydrogen-bond donors (Lipinski definition) is 0. The van der Waals surface area contributed by atoms with E-state index in [0.717, 1.165) is 17.1 Å². The summed E-state index contributed by atoms with van der Waals surface area (Å²) in [6, 6.07) is 0. The summed E-state index contributed by atoms with van der Waals surface area (Å²) in [5, 5.41) is 0. The molecule has 1 aromatic rings. The molecule has 0 amide bonds. The van der Waals surface area contributed by atoms with E-state index in [1.165, 1.54) is 0 Å². The highest BCUT2D eigenvalue weighted by Gasteiger charge is 1.95. The van der Waals surface area contributed by atoms with Crippen molar-refractivity contribution in [1.82, 2.24) is 9.97 Å². The Bertz CT molecular complexity index is 277. The van der Waals surface area contributed by atoms with E-state index in [1.54, 1.807) is 0 Å². The summed E-state index contributed by atoms with van der Waals surface area (Å²) < 4.78 is 0. The highest BCUT2D eigenvalue weighted by Crippen LogP contribution is 2.04. The molecule has 13 heavy (non-hydrogen) atoms. The van der Waals surface area contributed by atoms with Crippen LogP contribution in [0.25, 0.3) is 6.08 Å². The Kier molecular flexibility index (Phi) is 5.77. The third-order valence-corrected chi connectivity index (χ3v) is 1.46. The monoisotopic (exact) mass is 178 g/mol. The van der Waals surface area contributed by atoms with Gasteiger partial charge in [0.25, 0.3) is 0 Å². The van der Waals surface area contributed by atoms with Gasteiger partial charge in [-0.2, -0.15) is 0 Å². The molecule has 0 fully saturated rings. The Labute approximate surface area is 80.7 Å². The average molecular weight is 178 g/mol. The van der Waals surface area contributed by atoms with Crippen LogP contribution in [0.5, 0.6) is 0 Å². The molecule has 0 aliphatic rings. The van der Waals surface area contributed by atoms with Gasteiger partial charge in [-0.15, -0.1) is 0 Å². The molecule has 0 bridgehead atoms. The zero-order chi connectivity index (χ0) is 10.3. The summed E-state index contributed by atoms with van der Waals surface area (Å²) in [5.74, 6) is 0.823. The van der Waals surface area contributed by atoms with Crippen molar-refractivity contribution in [3.8, 4) is 0 Å². The summed E-state index contributed by atoms with van der Waals surface area (Å²) in [5.41, 5.74) is 2.13. The van der Waals surface area contributed by atoms with E-state index in [9.17, 15) is 0 Å². The van der Waals surface area contributed by atoms with Crippen LogP contribution >= 0.6 is 0 Å². The molecule has 0 spiro atoms. The van der Waals surface area contributed by atoms with Gasteiger partial charge in [0.05, 0.1) is 5.69 Å². The molecule has 0 saturated heterocycles. The van der Waals surface area contributed by atoms with Crippen LogP contribution in [0, 0.1) is 13.8 Å². The van der Waals surface area contributed by atoms with Crippen molar-refractivity contribution in [3.05, 3.63) is 29.4 Å². The Hall–Kier alpha value is -1.18. The average Bonchev–Trinajstić information content (AvgIpc) is 2.15. The predicted octanol–water partition coefficient (Wildman–Crippen LogP) is 3.15. The Morgan fingerprint density at radius 2 is 1.85 bits per heavy atom. The standard InChI is InChI=1S/C9H12N2.C2H6/c1-4-5-9-7(2)6-10-8(3)11-9;1-2/h4-6H,1-3H3;1-2H3/b5-4+;. The van der Waals surface area contributed by atoms with Crippen molar-refractivity contribution in [1.29, 1.82) is 0 Å². The number of aryl methyl sites for hydroxylation is 2. The normalized spacial score (nSPS) is 9.62. The molecule has 0 unspecified atom stereocenters. The van der Waals surface area contributed by atoms with Crippen LogP contribution in [0.1, 0.15) is 37.9 Å². The lowest BCUT2D eigenvalue weighted by Crippen LogP contribution is -1.92. The van der Waals surface area contributed by atoms with Crippen LogP contribution in [0.4, 0.5) is 0 Å². The number of nitrogens with zero attached hydrogens (tertiary/aromatic N) is 2. The quantitative estimate of drug-likeness (QED) is 0.660. The molecule has 0 radical (unpaired) electrons. The molecular formula is C11H18N2. The first kappa shape index (κ1) is 11.8. The molecule has 0 saturated carbocycles. The van der Waals surface area contributed by atoms with Gasteiger partial charge in [0, 0.05) is 6.20 Å². The second kappa shape index (κ2) is 6.35. The maximum atomic E-state index is 4.26. The van der Waals surface area contributed by atoms with E-state index < -0.39 is 0 Å². The van der Waals surface area contributed by atoms with Gasteiger partial charge in [-0.3, -0.25) is 0 Å². The van der Waals surface area contributed by atoms with Gasteiger partial charge in [0.15, 0.2) is 0 Å². The van der Waals surface area contributed by atoms with Crippen molar-refractivity contribution >= 4 is 6.08 Å². The lowest BCUT2D eigenvalue weighted by Gasteiger charge is -1.98. The summed E-state index contributed by atoms with van der Waals surface area (Å²) in [6.07, 6.45) is 5.82. The van der Waals surface area contributed by atoms with Gasteiger partial charge in [0.2, 0.25) is 0 Å². The minimum atomic E-state index is 0.823. The maximum absolute atomic E-state index is 4.26. The van der Waals surface area contributed by atoms with E-state index in [0.29, 0.717) is 0 Å². The first-order valence-corrected chi connectivity index (χ1v) is 4.67. The summed E-state index contributed by atoms with van der Waals surface area (Å²) in [7, 11) is 0. The van der Waals surface area contributed by atoms with Gasteiger partial charge >= 0.3 is 0 Å². The van der Waals surface area contributed by atoms with Crippen LogP contribution < -0.4 is 0 Å². The van der Waals surface area contributed by atoms with Gasteiger partial charge < -0.3 is 0 Å². The van der Waals surface area contributed by atoms with Crippen LogP contribution in [0.3, 0.4) is 0 Å². The molecule has 1 aromatic heterocycles. The van der Waals surface area contributed by atoms with Crippen molar-refractivity contribution in [2.24, 2.45) is 0 Å². The smallest absolute Gasteiger partial charge is 0.125 e. The van der Waals surface area contributed by atoms with Gasteiger partial charge in [-0.25, -0.2) is 9.97 Å². The Balaban J connectivity index is 0.000000671. The SMILES string of the molecule is C/C=C/c1nc(C)ncc1C.CC. The summed E-state index contributed by atoms with van der Waals surface area (Å²) in [4.78, 5) is 8.34. The van der Waals surface area contributed by atoms with Crippen molar-refractivity contribution in [2.75, 3.05) is 0 Å². The van der Waals surface area contributed by atoms with Crippen LogP contribution in [-0.4, -0.2) is 9.97 Å². The zero-order valence-corrected chi connectivity index (χ0v) is 9.13. The largest absolute Gasteiger partial charge is 0.241 e. The van der Waals surface area contributed by atoms with E-state index in [-0.39, 0.29) is 0 Å². The second-order valence-electron chi connectivity index (χ2n) is 2.49. The topological polar surface area (TPSA) is 25.8 Å². The summed E-state index contributed by atoms with van der Waals surface area (Å²) >= 11 is 0.